The van der Waals surface area contributed by atoms with Crippen molar-refractivity contribution in [1.82, 2.24) is 14.7 Å². The number of benzene rings is 1. The lowest BCUT2D eigenvalue weighted by Crippen LogP contribution is -2.26. The number of carbonyl (C=O) groups is 1. The van der Waals surface area contributed by atoms with Crippen LogP contribution in [-0.2, 0) is 13.6 Å². The molecular weight excluding hydrogens is 296 g/mol. The van der Waals surface area contributed by atoms with E-state index in [0.29, 0.717) is 6.54 Å². The van der Waals surface area contributed by atoms with Gasteiger partial charge in [-0.15, -0.1) is 0 Å². The molecule has 0 aliphatic heterocycles. The van der Waals surface area contributed by atoms with Crippen molar-refractivity contribution in [3.8, 4) is 0 Å². The maximum absolute atomic E-state index is 12.3. The van der Waals surface area contributed by atoms with Crippen LogP contribution >= 0.6 is 11.6 Å². The highest BCUT2D eigenvalue weighted by Crippen LogP contribution is 2.23. The van der Waals surface area contributed by atoms with Gasteiger partial charge in [-0.3, -0.25) is 19.6 Å². The standard InChI is InChI=1S/C13H13ClN4O3/c1-16(7-9-6-15-17(2)8-9)13(19)11-4-3-10(18(20)21)5-12(11)14/h3-6,8H,7H2,1-2H3. The van der Waals surface area contributed by atoms with Crippen LogP contribution in [-0.4, -0.2) is 32.6 Å². The van der Waals surface area contributed by atoms with Crippen molar-refractivity contribution in [2.45, 2.75) is 6.54 Å². The zero-order valence-electron chi connectivity index (χ0n) is 11.5. The van der Waals surface area contributed by atoms with Crippen LogP contribution in [0.25, 0.3) is 0 Å². The summed E-state index contributed by atoms with van der Waals surface area (Å²) in [6, 6.07) is 3.80. The normalized spacial score (nSPS) is 10.4. The van der Waals surface area contributed by atoms with Gasteiger partial charge < -0.3 is 4.90 Å². The summed E-state index contributed by atoms with van der Waals surface area (Å²) in [5, 5.41) is 14.7. The molecule has 8 heteroatoms. The summed E-state index contributed by atoms with van der Waals surface area (Å²) < 4.78 is 1.65. The van der Waals surface area contributed by atoms with Crippen molar-refractivity contribution in [3.63, 3.8) is 0 Å². The topological polar surface area (TPSA) is 81.3 Å². The Morgan fingerprint density at radius 1 is 1.52 bits per heavy atom. The molecule has 0 bridgehead atoms. The number of rotatable bonds is 4. The molecule has 7 nitrogen and oxygen atoms in total. The van der Waals surface area contributed by atoms with Crippen LogP contribution < -0.4 is 0 Å². The Bertz CT molecular complexity index is 698. The van der Waals surface area contributed by atoms with Crippen LogP contribution in [0.4, 0.5) is 5.69 Å². The van der Waals surface area contributed by atoms with Gasteiger partial charge in [0.25, 0.3) is 11.6 Å². The molecule has 21 heavy (non-hydrogen) atoms. The van der Waals surface area contributed by atoms with Crippen molar-refractivity contribution in [1.29, 1.82) is 0 Å². The molecule has 0 aliphatic rings. The minimum Gasteiger partial charge on any atom is -0.337 e. The molecule has 110 valence electrons. The van der Waals surface area contributed by atoms with Crippen molar-refractivity contribution < 1.29 is 9.72 Å². The van der Waals surface area contributed by atoms with E-state index in [0.717, 1.165) is 5.56 Å². The van der Waals surface area contributed by atoms with Crippen molar-refractivity contribution in [2.24, 2.45) is 7.05 Å². The number of nitro benzene ring substituents is 1. The number of non-ortho nitro benzene ring substituents is 1. The summed E-state index contributed by atoms with van der Waals surface area (Å²) in [4.78, 5) is 23.9. The summed E-state index contributed by atoms with van der Waals surface area (Å²) in [6.07, 6.45) is 3.47. The van der Waals surface area contributed by atoms with Crippen LogP contribution in [0.1, 0.15) is 15.9 Å². The van der Waals surface area contributed by atoms with E-state index in [9.17, 15) is 14.9 Å². The fourth-order valence-electron chi connectivity index (χ4n) is 1.90. The first-order valence-electron chi connectivity index (χ1n) is 6.05. The number of aromatic nitrogens is 2. The highest BCUT2D eigenvalue weighted by atomic mass is 35.5. The molecule has 0 saturated heterocycles. The molecule has 1 amide bonds. The van der Waals surface area contributed by atoms with E-state index in [-0.39, 0.29) is 22.2 Å². The Hall–Kier alpha value is -2.41. The van der Waals surface area contributed by atoms with Gasteiger partial charge in [0.1, 0.15) is 0 Å². The van der Waals surface area contributed by atoms with Gasteiger partial charge in [0, 0.05) is 44.5 Å². The van der Waals surface area contributed by atoms with Gasteiger partial charge in [0.05, 0.1) is 21.7 Å². The Morgan fingerprint density at radius 2 is 2.24 bits per heavy atom. The monoisotopic (exact) mass is 308 g/mol. The van der Waals surface area contributed by atoms with E-state index in [1.54, 1.807) is 31.2 Å². The third-order valence-electron chi connectivity index (χ3n) is 2.92. The Morgan fingerprint density at radius 3 is 2.76 bits per heavy atom. The first-order chi connectivity index (χ1) is 9.88. The number of aryl methyl sites for hydroxylation is 1. The Balaban J connectivity index is 2.17. The average Bonchev–Trinajstić information content (AvgIpc) is 2.83. The van der Waals surface area contributed by atoms with Gasteiger partial charge in [-0.25, -0.2) is 0 Å². The van der Waals surface area contributed by atoms with E-state index in [2.05, 4.69) is 5.10 Å². The largest absolute Gasteiger partial charge is 0.337 e. The molecule has 0 radical (unpaired) electrons. The number of carbonyl (C=O) groups excluding carboxylic acids is 1. The summed E-state index contributed by atoms with van der Waals surface area (Å²) >= 11 is 5.95. The lowest BCUT2D eigenvalue weighted by Gasteiger charge is -2.16. The Kier molecular flexibility index (Phi) is 4.23. The molecule has 2 rings (SSSR count). The number of hydrogen-bond donors (Lipinski definition) is 0. The average molecular weight is 309 g/mol. The van der Waals surface area contributed by atoms with Gasteiger partial charge in [0.15, 0.2) is 0 Å². The zero-order chi connectivity index (χ0) is 15.6. The second-order valence-electron chi connectivity index (χ2n) is 4.60. The van der Waals surface area contributed by atoms with E-state index in [1.165, 1.54) is 23.1 Å². The number of amides is 1. The molecule has 0 saturated carbocycles. The molecule has 0 fully saturated rings. The molecule has 0 atom stereocenters. The number of nitrogens with zero attached hydrogens (tertiary/aromatic N) is 4. The molecule has 0 aliphatic carbocycles. The lowest BCUT2D eigenvalue weighted by atomic mass is 10.1. The molecule has 0 unspecified atom stereocenters. The highest BCUT2D eigenvalue weighted by molar-refractivity contribution is 6.34. The Labute approximate surface area is 125 Å². The fourth-order valence-corrected chi connectivity index (χ4v) is 2.15. The molecule has 2 aromatic rings. The third-order valence-corrected chi connectivity index (χ3v) is 3.23. The van der Waals surface area contributed by atoms with Crippen molar-refractivity contribution in [3.05, 3.63) is 56.9 Å². The molecule has 0 N–H and O–H groups in total. The minimum absolute atomic E-state index is 0.0623. The quantitative estimate of drug-likeness (QED) is 0.641. The van der Waals surface area contributed by atoms with Crippen molar-refractivity contribution >= 4 is 23.2 Å². The summed E-state index contributed by atoms with van der Waals surface area (Å²) in [7, 11) is 3.42. The summed E-state index contributed by atoms with van der Waals surface area (Å²) in [5.74, 6) is -0.307. The van der Waals surface area contributed by atoms with Crippen LogP contribution in [0, 0.1) is 10.1 Å². The highest BCUT2D eigenvalue weighted by Gasteiger charge is 2.18. The van der Waals surface area contributed by atoms with Crippen LogP contribution in [0.3, 0.4) is 0 Å². The predicted octanol–water partition coefficient (Wildman–Crippen LogP) is 2.25. The number of nitro groups is 1. The van der Waals surface area contributed by atoms with E-state index in [4.69, 9.17) is 11.6 Å². The SMILES string of the molecule is CN(Cc1cnn(C)c1)C(=O)c1ccc([N+](=O)[O-])cc1Cl. The van der Waals surface area contributed by atoms with Crippen molar-refractivity contribution in [2.75, 3.05) is 7.05 Å². The molecule has 1 aromatic carbocycles. The van der Waals surface area contributed by atoms with Gasteiger partial charge >= 0.3 is 0 Å². The molecule has 0 spiro atoms. The fraction of sp³-hybridized carbons (Fsp3) is 0.231. The zero-order valence-corrected chi connectivity index (χ0v) is 12.2. The second-order valence-corrected chi connectivity index (χ2v) is 5.01. The predicted molar refractivity (Wildman–Crippen MR) is 77.1 cm³/mol. The van der Waals surface area contributed by atoms with Gasteiger partial charge in [-0.05, 0) is 6.07 Å². The van der Waals surface area contributed by atoms with Crippen LogP contribution in [0.2, 0.25) is 5.02 Å². The first-order valence-corrected chi connectivity index (χ1v) is 6.43. The maximum atomic E-state index is 12.3. The first kappa shape index (κ1) is 15.0. The minimum atomic E-state index is -0.556. The number of halogens is 1. The molecular formula is C13H13ClN4O3. The van der Waals surface area contributed by atoms with Gasteiger partial charge in [-0.1, -0.05) is 11.6 Å². The third kappa shape index (κ3) is 3.38. The maximum Gasteiger partial charge on any atom is 0.270 e. The lowest BCUT2D eigenvalue weighted by molar-refractivity contribution is -0.384. The number of hydrogen-bond acceptors (Lipinski definition) is 4. The smallest absolute Gasteiger partial charge is 0.270 e. The van der Waals surface area contributed by atoms with Gasteiger partial charge in [-0.2, -0.15) is 5.10 Å². The van der Waals surface area contributed by atoms with E-state index >= 15 is 0 Å². The van der Waals surface area contributed by atoms with E-state index < -0.39 is 4.92 Å². The molecule has 1 aromatic heterocycles. The van der Waals surface area contributed by atoms with Crippen LogP contribution in [0.15, 0.2) is 30.6 Å². The van der Waals surface area contributed by atoms with E-state index in [1.807, 2.05) is 0 Å². The van der Waals surface area contributed by atoms with Crippen LogP contribution in [0.5, 0.6) is 0 Å². The summed E-state index contributed by atoms with van der Waals surface area (Å²) in [6.45, 7) is 0.375. The van der Waals surface area contributed by atoms with Gasteiger partial charge in [0.2, 0.25) is 0 Å². The summed E-state index contributed by atoms with van der Waals surface area (Å²) in [5.41, 5.74) is 0.964. The second kappa shape index (κ2) is 5.92. The molecule has 1 heterocycles.